The maximum atomic E-state index is 11.4. The van der Waals surface area contributed by atoms with Gasteiger partial charge in [0.25, 0.3) is 5.91 Å². The van der Waals surface area contributed by atoms with E-state index in [4.69, 9.17) is 15.0 Å². The molecule has 0 atom stereocenters. The second-order valence-electron chi connectivity index (χ2n) is 4.74. The predicted molar refractivity (Wildman–Crippen MR) is 68.8 cm³/mol. The monoisotopic (exact) mass is 254 g/mol. The van der Waals surface area contributed by atoms with Crippen LogP contribution in [0.15, 0.2) is 10.5 Å². The van der Waals surface area contributed by atoms with Crippen LogP contribution >= 0.6 is 0 Å². The zero-order valence-electron chi connectivity index (χ0n) is 11.3. The second-order valence-corrected chi connectivity index (χ2v) is 4.74. The van der Waals surface area contributed by atoms with Gasteiger partial charge in [-0.25, -0.2) is 5.84 Å². The van der Waals surface area contributed by atoms with Crippen molar-refractivity contribution < 1.29 is 13.9 Å². The first-order valence-electron chi connectivity index (χ1n) is 6.22. The topological polar surface area (TPSA) is 77.5 Å². The molecule has 1 amide bonds. The lowest BCUT2D eigenvalue weighted by Gasteiger charge is -2.04. The van der Waals surface area contributed by atoms with E-state index in [2.05, 4.69) is 19.3 Å². The summed E-state index contributed by atoms with van der Waals surface area (Å²) >= 11 is 0. The van der Waals surface area contributed by atoms with E-state index in [0.717, 1.165) is 12.8 Å². The molecule has 0 unspecified atom stereocenters. The van der Waals surface area contributed by atoms with Crippen LogP contribution in [0.1, 0.15) is 48.6 Å². The van der Waals surface area contributed by atoms with Crippen molar-refractivity contribution in [3.8, 4) is 0 Å². The largest absolute Gasteiger partial charge is 0.463 e. The first kappa shape index (κ1) is 14.7. The molecule has 5 nitrogen and oxygen atoms in total. The van der Waals surface area contributed by atoms with Crippen molar-refractivity contribution >= 4 is 5.91 Å². The van der Waals surface area contributed by atoms with Crippen molar-refractivity contribution in [1.82, 2.24) is 5.43 Å². The molecule has 1 aromatic rings. The maximum absolute atomic E-state index is 11.4. The van der Waals surface area contributed by atoms with E-state index < -0.39 is 0 Å². The number of nitrogens with two attached hydrogens (primary N) is 1. The summed E-state index contributed by atoms with van der Waals surface area (Å²) in [6.07, 6.45) is 2.19. The Labute approximate surface area is 108 Å². The van der Waals surface area contributed by atoms with Gasteiger partial charge in [0.05, 0.1) is 5.56 Å². The number of carbonyl (C=O) groups excluding carboxylic acids is 1. The number of nitrogens with one attached hydrogen (secondary N) is 1. The average Bonchev–Trinajstić information content (AvgIpc) is 2.69. The average molecular weight is 254 g/mol. The summed E-state index contributed by atoms with van der Waals surface area (Å²) in [5.41, 5.74) is 2.54. The Balaban J connectivity index is 2.37. The van der Waals surface area contributed by atoms with Gasteiger partial charge in [0, 0.05) is 6.61 Å². The third-order valence-corrected chi connectivity index (χ3v) is 2.66. The van der Waals surface area contributed by atoms with Crippen LogP contribution in [0.4, 0.5) is 0 Å². The molecule has 0 aliphatic heterocycles. The van der Waals surface area contributed by atoms with E-state index in [-0.39, 0.29) is 5.91 Å². The van der Waals surface area contributed by atoms with Gasteiger partial charge >= 0.3 is 0 Å². The number of furan rings is 1. The van der Waals surface area contributed by atoms with Crippen LogP contribution in [-0.2, 0) is 11.3 Å². The van der Waals surface area contributed by atoms with Gasteiger partial charge in [-0.3, -0.25) is 10.2 Å². The summed E-state index contributed by atoms with van der Waals surface area (Å²) in [6, 6.07) is 1.67. The molecule has 0 aliphatic carbocycles. The van der Waals surface area contributed by atoms with Crippen molar-refractivity contribution in [3.63, 3.8) is 0 Å². The highest BCUT2D eigenvalue weighted by Crippen LogP contribution is 2.15. The molecule has 0 saturated carbocycles. The number of amides is 1. The number of rotatable bonds is 7. The normalized spacial score (nSPS) is 10.9. The summed E-state index contributed by atoms with van der Waals surface area (Å²) in [5.74, 6) is 6.63. The van der Waals surface area contributed by atoms with Crippen LogP contribution in [0, 0.1) is 12.8 Å². The van der Waals surface area contributed by atoms with E-state index in [1.807, 2.05) is 0 Å². The summed E-state index contributed by atoms with van der Waals surface area (Å²) in [4.78, 5) is 11.4. The highest BCUT2D eigenvalue weighted by molar-refractivity contribution is 5.94. The van der Waals surface area contributed by atoms with Crippen molar-refractivity contribution in [3.05, 3.63) is 23.2 Å². The van der Waals surface area contributed by atoms with Crippen LogP contribution in [0.25, 0.3) is 0 Å². The molecule has 18 heavy (non-hydrogen) atoms. The summed E-state index contributed by atoms with van der Waals surface area (Å²) in [5, 5.41) is 0. The molecule has 0 spiro atoms. The molecule has 5 heteroatoms. The molecule has 0 aromatic carbocycles. The van der Waals surface area contributed by atoms with Crippen LogP contribution in [-0.4, -0.2) is 12.5 Å². The van der Waals surface area contributed by atoms with Gasteiger partial charge in [0.2, 0.25) is 0 Å². The molecule has 1 heterocycles. The quantitative estimate of drug-likeness (QED) is 0.338. The van der Waals surface area contributed by atoms with Gasteiger partial charge in [-0.1, -0.05) is 13.8 Å². The first-order chi connectivity index (χ1) is 8.54. The molecule has 0 aliphatic rings. The highest BCUT2D eigenvalue weighted by Gasteiger charge is 2.13. The lowest BCUT2D eigenvalue weighted by molar-refractivity contribution is 0.0952. The van der Waals surface area contributed by atoms with Gasteiger partial charge in [-0.05, 0) is 31.7 Å². The predicted octanol–water partition coefficient (Wildman–Crippen LogP) is 2.14. The summed E-state index contributed by atoms with van der Waals surface area (Å²) in [7, 11) is 0. The number of aryl methyl sites for hydroxylation is 1. The Hall–Kier alpha value is -1.33. The zero-order valence-corrected chi connectivity index (χ0v) is 11.3. The molecule has 0 bridgehead atoms. The molecule has 102 valence electrons. The third kappa shape index (κ3) is 4.50. The Morgan fingerprint density at radius 1 is 1.56 bits per heavy atom. The first-order valence-corrected chi connectivity index (χ1v) is 6.22. The second kappa shape index (κ2) is 7.18. The molecular formula is C13H22N2O3. The molecular weight excluding hydrogens is 232 g/mol. The fourth-order valence-electron chi connectivity index (χ4n) is 1.68. The Morgan fingerprint density at radius 3 is 2.89 bits per heavy atom. The lowest BCUT2D eigenvalue weighted by atomic mass is 10.1. The Kier molecular flexibility index (Phi) is 5.88. The maximum Gasteiger partial charge on any atom is 0.268 e. The van der Waals surface area contributed by atoms with Gasteiger partial charge in [-0.15, -0.1) is 0 Å². The van der Waals surface area contributed by atoms with Gasteiger partial charge < -0.3 is 9.15 Å². The van der Waals surface area contributed by atoms with Crippen LogP contribution in [0.3, 0.4) is 0 Å². The van der Waals surface area contributed by atoms with Gasteiger partial charge in [0.15, 0.2) is 0 Å². The van der Waals surface area contributed by atoms with Crippen LogP contribution < -0.4 is 11.3 Å². The van der Waals surface area contributed by atoms with Crippen LogP contribution in [0.5, 0.6) is 0 Å². The zero-order chi connectivity index (χ0) is 13.5. The van der Waals surface area contributed by atoms with Gasteiger partial charge in [-0.2, -0.15) is 0 Å². The molecule has 1 rings (SSSR count). The fraction of sp³-hybridized carbons (Fsp3) is 0.615. The van der Waals surface area contributed by atoms with Crippen LogP contribution in [0.2, 0.25) is 0 Å². The smallest absolute Gasteiger partial charge is 0.268 e. The van der Waals surface area contributed by atoms with E-state index in [0.29, 0.717) is 36.2 Å². The molecule has 0 saturated heterocycles. The standard InChI is InChI=1S/C13H22N2O3/c1-9(2)5-4-6-17-8-11-7-12(10(3)18-11)13(16)15-14/h7,9H,4-6,8,14H2,1-3H3,(H,15,16). The molecule has 0 fully saturated rings. The van der Waals surface area contributed by atoms with Crippen molar-refractivity contribution in [2.45, 2.75) is 40.2 Å². The van der Waals surface area contributed by atoms with E-state index in [1.54, 1.807) is 13.0 Å². The molecule has 3 N–H and O–H groups in total. The number of hydrogen-bond donors (Lipinski definition) is 2. The molecule has 0 radical (unpaired) electrons. The van der Waals surface area contributed by atoms with E-state index >= 15 is 0 Å². The van der Waals surface area contributed by atoms with Gasteiger partial charge in [0.1, 0.15) is 18.1 Å². The minimum absolute atomic E-state index is 0.345. The minimum atomic E-state index is -0.345. The molecule has 1 aromatic heterocycles. The highest BCUT2D eigenvalue weighted by atomic mass is 16.5. The number of ether oxygens (including phenoxy) is 1. The van der Waals surface area contributed by atoms with Crippen molar-refractivity contribution in [2.24, 2.45) is 11.8 Å². The lowest BCUT2D eigenvalue weighted by Crippen LogP contribution is -2.30. The number of hydrogen-bond acceptors (Lipinski definition) is 4. The summed E-state index contributed by atoms with van der Waals surface area (Å²) in [6.45, 7) is 7.20. The van der Waals surface area contributed by atoms with E-state index in [1.165, 1.54) is 0 Å². The van der Waals surface area contributed by atoms with Crippen molar-refractivity contribution in [1.29, 1.82) is 0 Å². The number of nitrogen functional groups attached to an aromatic ring is 1. The third-order valence-electron chi connectivity index (χ3n) is 2.66. The SMILES string of the molecule is Cc1oc(COCCCC(C)C)cc1C(=O)NN. The summed E-state index contributed by atoms with van der Waals surface area (Å²) < 4.78 is 10.9. The fourth-order valence-corrected chi connectivity index (χ4v) is 1.68. The number of carbonyl (C=O) groups is 1. The Morgan fingerprint density at radius 2 is 2.28 bits per heavy atom. The van der Waals surface area contributed by atoms with Crippen molar-refractivity contribution in [2.75, 3.05) is 6.61 Å². The number of hydrazine groups is 1. The Bertz CT molecular complexity index is 386. The van der Waals surface area contributed by atoms with E-state index in [9.17, 15) is 4.79 Å². The minimum Gasteiger partial charge on any atom is -0.463 e.